The minimum absolute atomic E-state index is 0.158. The van der Waals surface area contributed by atoms with Crippen LogP contribution in [0.5, 0.6) is 5.75 Å². The first-order valence-corrected chi connectivity index (χ1v) is 9.13. The number of methoxy groups -OCH3 is 1. The summed E-state index contributed by atoms with van der Waals surface area (Å²) in [4.78, 5) is 23.8. The molecule has 8 nitrogen and oxygen atoms in total. The van der Waals surface area contributed by atoms with Crippen LogP contribution in [0.3, 0.4) is 0 Å². The van der Waals surface area contributed by atoms with Gasteiger partial charge in [0, 0.05) is 24.0 Å². The molecule has 1 amide bonds. The van der Waals surface area contributed by atoms with Gasteiger partial charge < -0.3 is 19.7 Å². The fraction of sp³-hybridized carbons (Fsp3) is 0.286. The summed E-state index contributed by atoms with van der Waals surface area (Å²) in [5.41, 5.74) is 3.20. The van der Waals surface area contributed by atoms with Gasteiger partial charge in [0.05, 0.1) is 18.2 Å². The first-order chi connectivity index (χ1) is 13.8. The van der Waals surface area contributed by atoms with Crippen LogP contribution in [0.25, 0.3) is 5.82 Å². The monoisotopic (exact) mass is 397 g/mol. The van der Waals surface area contributed by atoms with Gasteiger partial charge in [0.25, 0.3) is 5.91 Å². The van der Waals surface area contributed by atoms with Crippen molar-refractivity contribution in [2.24, 2.45) is 0 Å². The number of carboxylic acid groups (broad SMARTS) is 1. The Labute approximate surface area is 168 Å². The predicted octanol–water partition coefficient (Wildman–Crippen LogP) is 3.07. The van der Waals surface area contributed by atoms with Crippen molar-refractivity contribution in [2.45, 2.75) is 27.2 Å². The van der Waals surface area contributed by atoms with Crippen molar-refractivity contribution in [3.8, 4) is 11.6 Å². The van der Waals surface area contributed by atoms with Gasteiger partial charge in [0.15, 0.2) is 5.82 Å². The number of carbonyl (C=O) groups is 2. The molecule has 29 heavy (non-hydrogen) atoms. The van der Waals surface area contributed by atoms with Gasteiger partial charge in [-0.1, -0.05) is 11.2 Å². The normalized spacial score (nSPS) is 10.8. The standard InChI is InChI=1S/C21H23N3O5/c1-12-9-17(14(3)24(12)19-10-13(2)29-23-19)20(25)22-8-7-15-5-6-16(21(26)27)11-18(15)28-4/h5-6,9-11H,7-8H2,1-4H3,(H,22,25)(H,26,27). The summed E-state index contributed by atoms with van der Waals surface area (Å²) < 4.78 is 12.3. The Bertz CT molecular complexity index is 1060. The number of hydrogen-bond acceptors (Lipinski definition) is 5. The molecule has 0 aliphatic rings. The first-order valence-electron chi connectivity index (χ1n) is 9.13. The highest BCUT2D eigenvalue weighted by atomic mass is 16.5. The first kappa shape index (κ1) is 20.2. The molecule has 0 atom stereocenters. The third kappa shape index (κ3) is 4.16. The summed E-state index contributed by atoms with van der Waals surface area (Å²) >= 11 is 0. The molecule has 0 radical (unpaired) electrons. The number of rotatable bonds is 7. The Morgan fingerprint density at radius 1 is 1.21 bits per heavy atom. The van der Waals surface area contributed by atoms with Gasteiger partial charge in [0.1, 0.15) is 11.5 Å². The minimum atomic E-state index is -1.01. The number of amides is 1. The zero-order chi connectivity index (χ0) is 21.1. The molecule has 3 rings (SSSR count). The van der Waals surface area contributed by atoms with E-state index in [-0.39, 0.29) is 11.5 Å². The Morgan fingerprint density at radius 2 is 1.97 bits per heavy atom. The Morgan fingerprint density at radius 3 is 2.59 bits per heavy atom. The lowest BCUT2D eigenvalue weighted by molar-refractivity contribution is 0.0696. The van der Waals surface area contributed by atoms with Crippen molar-refractivity contribution in [3.05, 3.63) is 64.2 Å². The summed E-state index contributed by atoms with van der Waals surface area (Å²) in [6.45, 7) is 5.96. The molecule has 0 aliphatic carbocycles. The van der Waals surface area contributed by atoms with E-state index in [1.54, 1.807) is 6.07 Å². The molecule has 0 bridgehead atoms. The fourth-order valence-corrected chi connectivity index (χ4v) is 3.29. The van der Waals surface area contributed by atoms with E-state index in [9.17, 15) is 9.59 Å². The average Bonchev–Trinajstić information content (AvgIpc) is 3.23. The number of carboxylic acids is 1. The number of nitrogens with zero attached hydrogens (tertiary/aromatic N) is 2. The largest absolute Gasteiger partial charge is 0.496 e. The van der Waals surface area contributed by atoms with Crippen LogP contribution in [0.1, 0.15) is 43.4 Å². The molecule has 2 heterocycles. The SMILES string of the molecule is COc1cc(C(=O)O)ccc1CCNC(=O)c1cc(C)n(-c2cc(C)on2)c1C. The van der Waals surface area contributed by atoms with Crippen molar-refractivity contribution in [1.29, 1.82) is 0 Å². The third-order valence-electron chi connectivity index (χ3n) is 4.73. The van der Waals surface area contributed by atoms with Gasteiger partial charge in [-0.15, -0.1) is 0 Å². The second kappa shape index (κ2) is 8.22. The van der Waals surface area contributed by atoms with E-state index in [2.05, 4.69) is 10.5 Å². The predicted molar refractivity (Wildman–Crippen MR) is 106 cm³/mol. The quantitative estimate of drug-likeness (QED) is 0.635. The molecule has 0 spiro atoms. The average molecular weight is 397 g/mol. The Kier molecular flexibility index (Phi) is 5.72. The molecule has 2 N–H and O–H groups in total. The number of benzene rings is 1. The highest BCUT2D eigenvalue weighted by Gasteiger charge is 2.18. The topological polar surface area (TPSA) is 107 Å². The number of aryl methyl sites for hydroxylation is 2. The van der Waals surface area contributed by atoms with Gasteiger partial charge in [-0.3, -0.25) is 9.36 Å². The van der Waals surface area contributed by atoms with E-state index in [1.807, 2.05) is 37.5 Å². The summed E-state index contributed by atoms with van der Waals surface area (Å²) in [7, 11) is 1.49. The van der Waals surface area contributed by atoms with Crippen LogP contribution in [0.2, 0.25) is 0 Å². The molecular weight excluding hydrogens is 374 g/mol. The number of aromatic carboxylic acids is 1. The molecule has 3 aromatic rings. The lowest BCUT2D eigenvalue weighted by Crippen LogP contribution is -2.26. The van der Waals surface area contributed by atoms with Gasteiger partial charge in [0.2, 0.25) is 0 Å². The van der Waals surface area contributed by atoms with Crippen molar-refractivity contribution in [2.75, 3.05) is 13.7 Å². The molecular formula is C21H23N3O5. The summed E-state index contributed by atoms with van der Waals surface area (Å²) in [5.74, 6) is 0.617. The van der Waals surface area contributed by atoms with Crippen molar-refractivity contribution in [3.63, 3.8) is 0 Å². The molecule has 0 unspecified atom stereocenters. The van der Waals surface area contributed by atoms with Crippen LogP contribution in [-0.4, -0.2) is 40.4 Å². The maximum atomic E-state index is 12.7. The van der Waals surface area contributed by atoms with Gasteiger partial charge in [-0.2, -0.15) is 0 Å². The van der Waals surface area contributed by atoms with Crippen LogP contribution in [0, 0.1) is 20.8 Å². The number of nitrogens with one attached hydrogen (secondary N) is 1. The van der Waals surface area contributed by atoms with E-state index in [0.29, 0.717) is 35.9 Å². The molecule has 8 heteroatoms. The van der Waals surface area contributed by atoms with E-state index in [0.717, 1.165) is 17.0 Å². The highest BCUT2D eigenvalue weighted by Crippen LogP contribution is 2.22. The lowest BCUT2D eigenvalue weighted by Gasteiger charge is -2.10. The molecule has 152 valence electrons. The number of ether oxygens (including phenoxy) is 1. The second-order valence-electron chi connectivity index (χ2n) is 6.75. The molecule has 0 aliphatic heterocycles. The summed E-state index contributed by atoms with van der Waals surface area (Å²) in [6, 6.07) is 8.33. The molecule has 0 fully saturated rings. The fourth-order valence-electron chi connectivity index (χ4n) is 3.29. The van der Waals surface area contributed by atoms with Crippen LogP contribution in [0.15, 0.2) is 34.9 Å². The van der Waals surface area contributed by atoms with E-state index in [4.69, 9.17) is 14.4 Å². The number of aromatic nitrogens is 2. The molecule has 1 aromatic carbocycles. The number of hydrogen-bond donors (Lipinski definition) is 2. The third-order valence-corrected chi connectivity index (χ3v) is 4.73. The van der Waals surface area contributed by atoms with Gasteiger partial charge >= 0.3 is 5.97 Å². The van der Waals surface area contributed by atoms with Gasteiger partial charge in [-0.05, 0) is 51.0 Å². The lowest BCUT2D eigenvalue weighted by atomic mass is 10.1. The maximum Gasteiger partial charge on any atom is 0.335 e. The summed E-state index contributed by atoms with van der Waals surface area (Å²) in [6.07, 6.45) is 0.510. The smallest absolute Gasteiger partial charge is 0.335 e. The van der Waals surface area contributed by atoms with Crippen LogP contribution in [-0.2, 0) is 6.42 Å². The number of carbonyl (C=O) groups excluding carboxylic acids is 1. The Balaban J connectivity index is 1.70. The van der Waals surface area contributed by atoms with Crippen molar-refractivity contribution >= 4 is 11.9 Å². The second-order valence-corrected chi connectivity index (χ2v) is 6.75. The zero-order valence-corrected chi connectivity index (χ0v) is 16.8. The van der Waals surface area contributed by atoms with Crippen LogP contribution >= 0.6 is 0 Å². The van der Waals surface area contributed by atoms with Gasteiger partial charge in [-0.25, -0.2) is 4.79 Å². The van der Waals surface area contributed by atoms with E-state index in [1.165, 1.54) is 19.2 Å². The molecule has 0 saturated heterocycles. The van der Waals surface area contributed by atoms with Crippen molar-refractivity contribution < 1.29 is 24.0 Å². The molecule has 0 saturated carbocycles. The van der Waals surface area contributed by atoms with E-state index >= 15 is 0 Å². The minimum Gasteiger partial charge on any atom is -0.496 e. The highest BCUT2D eigenvalue weighted by molar-refractivity contribution is 5.96. The summed E-state index contributed by atoms with van der Waals surface area (Å²) in [5, 5.41) is 16.0. The Hall–Kier alpha value is -3.55. The van der Waals surface area contributed by atoms with Crippen molar-refractivity contribution in [1.82, 2.24) is 15.0 Å². The maximum absolute atomic E-state index is 12.7. The molecule has 2 aromatic heterocycles. The van der Waals surface area contributed by atoms with E-state index < -0.39 is 5.97 Å². The van der Waals surface area contributed by atoms with Crippen LogP contribution in [0.4, 0.5) is 0 Å². The van der Waals surface area contributed by atoms with Crippen LogP contribution < -0.4 is 10.1 Å². The zero-order valence-electron chi connectivity index (χ0n) is 16.8.